The fourth-order valence-corrected chi connectivity index (χ4v) is 4.85. The molecule has 0 radical (unpaired) electrons. The molecule has 2 rings (SSSR count). The molecule has 1 saturated heterocycles. The summed E-state index contributed by atoms with van der Waals surface area (Å²) < 4.78 is 25.8. The molecule has 6 nitrogen and oxygen atoms in total. The summed E-state index contributed by atoms with van der Waals surface area (Å²) in [6.07, 6.45) is -1.21. The van der Waals surface area contributed by atoms with Crippen LogP contribution in [-0.4, -0.2) is 47.6 Å². The standard InChI is InChI=1S/C11H11Cl2NO5S/c12-7-2-1-3-8(13)10(7)20(18,19)14-5-6(15)4-9(14)11(16)17/h1-3,6,9,15H,4-5H2,(H,16,17)/t6?,9-/m0/s1. The zero-order valence-corrected chi connectivity index (χ0v) is 12.4. The Morgan fingerprint density at radius 1 is 1.30 bits per heavy atom. The summed E-state index contributed by atoms with van der Waals surface area (Å²) in [4.78, 5) is 10.8. The van der Waals surface area contributed by atoms with Crippen LogP contribution in [0.1, 0.15) is 6.42 Å². The third-order valence-electron chi connectivity index (χ3n) is 3.00. The number of carboxylic acids is 1. The van der Waals surface area contributed by atoms with Crippen molar-refractivity contribution in [3.8, 4) is 0 Å². The van der Waals surface area contributed by atoms with E-state index in [0.29, 0.717) is 4.31 Å². The van der Waals surface area contributed by atoms with E-state index in [-0.39, 0.29) is 27.9 Å². The molecule has 9 heteroatoms. The molecule has 20 heavy (non-hydrogen) atoms. The summed E-state index contributed by atoms with van der Waals surface area (Å²) in [6, 6.07) is 2.85. The van der Waals surface area contributed by atoms with Crippen molar-refractivity contribution in [2.24, 2.45) is 0 Å². The average molecular weight is 340 g/mol. The Kier molecular flexibility index (Phi) is 4.27. The molecule has 0 amide bonds. The first kappa shape index (κ1) is 15.5. The second-order valence-electron chi connectivity index (χ2n) is 4.37. The monoisotopic (exact) mass is 339 g/mol. The SMILES string of the molecule is O=C(O)[C@@H]1CC(O)CN1S(=O)(=O)c1c(Cl)cccc1Cl. The maximum Gasteiger partial charge on any atom is 0.322 e. The number of β-amino-alcohol motifs (C(OH)–C–C–N with tert-alkyl or cyclic N) is 1. The van der Waals surface area contributed by atoms with Crippen molar-refractivity contribution >= 4 is 39.2 Å². The van der Waals surface area contributed by atoms with Crippen LogP contribution in [0.3, 0.4) is 0 Å². The number of aliphatic carboxylic acids is 1. The van der Waals surface area contributed by atoms with Gasteiger partial charge in [0.2, 0.25) is 10.0 Å². The predicted molar refractivity (Wildman–Crippen MR) is 72.4 cm³/mol. The van der Waals surface area contributed by atoms with Crippen LogP contribution in [0.2, 0.25) is 10.0 Å². The second-order valence-corrected chi connectivity index (χ2v) is 7.01. The maximum atomic E-state index is 12.5. The van der Waals surface area contributed by atoms with Gasteiger partial charge in [-0.1, -0.05) is 29.3 Å². The van der Waals surface area contributed by atoms with E-state index < -0.39 is 28.1 Å². The lowest BCUT2D eigenvalue weighted by atomic mass is 10.2. The van der Waals surface area contributed by atoms with Crippen LogP contribution < -0.4 is 0 Å². The van der Waals surface area contributed by atoms with Crippen molar-refractivity contribution in [3.63, 3.8) is 0 Å². The number of halogens is 2. The first-order valence-corrected chi connectivity index (χ1v) is 7.81. The van der Waals surface area contributed by atoms with Gasteiger partial charge in [0, 0.05) is 13.0 Å². The van der Waals surface area contributed by atoms with Gasteiger partial charge >= 0.3 is 5.97 Å². The van der Waals surface area contributed by atoms with Crippen LogP contribution in [0.4, 0.5) is 0 Å². The predicted octanol–water partition coefficient (Wildman–Crippen LogP) is 1.20. The third kappa shape index (κ3) is 2.64. The van der Waals surface area contributed by atoms with Gasteiger partial charge in [-0.2, -0.15) is 4.31 Å². The number of aliphatic hydroxyl groups is 1. The Labute approximate surface area is 125 Å². The lowest BCUT2D eigenvalue weighted by Gasteiger charge is -2.21. The Bertz CT molecular complexity index is 628. The van der Waals surface area contributed by atoms with E-state index in [1.807, 2.05) is 0 Å². The molecule has 1 aromatic rings. The molecule has 1 unspecified atom stereocenters. The van der Waals surface area contributed by atoms with Gasteiger partial charge in [0.05, 0.1) is 16.1 Å². The molecule has 0 saturated carbocycles. The highest BCUT2D eigenvalue weighted by Crippen LogP contribution is 2.34. The highest BCUT2D eigenvalue weighted by Gasteiger charge is 2.44. The van der Waals surface area contributed by atoms with Crippen molar-refractivity contribution in [2.75, 3.05) is 6.54 Å². The molecule has 0 aliphatic carbocycles. The first-order chi connectivity index (χ1) is 9.25. The molecule has 1 aromatic carbocycles. The number of carboxylic acid groups (broad SMARTS) is 1. The fraction of sp³-hybridized carbons (Fsp3) is 0.364. The highest BCUT2D eigenvalue weighted by atomic mass is 35.5. The van der Waals surface area contributed by atoms with Crippen molar-refractivity contribution in [1.29, 1.82) is 0 Å². The summed E-state index contributed by atoms with van der Waals surface area (Å²) >= 11 is 11.7. The number of nitrogens with zero attached hydrogens (tertiary/aromatic N) is 1. The summed E-state index contributed by atoms with van der Waals surface area (Å²) in [5, 5.41) is 18.4. The molecular weight excluding hydrogens is 329 g/mol. The minimum Gasteiger partial charge on any atom is -0.480 e. The number of sulfonamides is 1. The van der Waals surface area contributed by atoms with Crippen LogP contribution in [0.5, 0.6) is 0 Å². The van der Waals surface area contributed by atoms with E-state index in [1.165, 1.54) is 18.2 Å². The molecule has 1 aliphatic heterocycles. The minimum atomic E-state index is -4.20. The number of benzene rings is 1. The summed E-state index contributed by atoms with van der Waals surface area (Å²) in [5.41, 5.74) is 0. The van der Waals surface area contributed by atoms with E-state index >= 15 is 0 Å². The molecule has 0 spiro atoms. The van der Waals surface area contributed by atoms with Gasteiger partial charge in [0.1, 0.15) is 10.9 Å². The van der Waals surface area contributed by atoms with Gasteiger partial charge in [-0.05, 0) is 12.1 Å². The molecule has 1 fully saturated rings. The summed E-state index contributed by atoms with van der Waals surface area (Å²) in [5.74, 6) is -1.33. The lowest BCUT2D eigenvalue weighted by Crippen LogP contribution is -2.40. The van der Waals surface area contributed by atoms with Crippen LogP contribution >= 0.6 is 23.2 Å². The molecule has 110 valence electrons. The van der Waals surface area contributed by atoms with Crippen molar-refractivity contribution in [3.05, 3.63) is 28.2 Å². The summed E-state index contributed by atoms with van der Waals surface area (Å²) in [7, 11) is -4.20. The fourth-order valence-electron chi connectivity index (χ4n) is 2.12. The topological polar surface area (TPSA) is 94.9 Å². The lowest BCUT2D eigenvalue weighted by molar-refractivity contribution is -0.140. The maximum absolute atomic E-state index is 12.5. The Hall–Kier alpha value is -0.860. The minimum absolute atomic E-state index is 0.0944. The molecule has 1 heterocycles. The van der Waals surface area contributed by atoms with E-state index in [1.54, 1.807) is 0 Å². The highest BCUT2D eigenvalue weighted by molar-refractivity contribution is 7.89. The van der Waals surface area contributed by atoms with Gasteiger partial charge in [-0.15, -0.1) is 0 Å². The number of rotatable bonds is 3. The summed E-state index contributed by atoms with van der Waals surface area (Å²) in [6.45, 7) is -0.305. The normalized spacial score (nSPS) is 23.9. The Morgan fingerprint density at radius 2 is 1.85 bits per heavy atom. The smallest absolute Gasteiger partial charge is 0.322 e. The largest absolute Gasteiger partial charge is 0.480 e. The second kappa shape index (κ2) is 5.50. The number of aliphatic hydroxyl groups excluding tert-OH is 1. The van der Waals surface area contributed by atoms with Crippen LogP contribution in [0, 0.1) is 0 Å². The van der Waals surface area contributed by atoms with Crippen LogP contribution in [-0.2, 0) is 14.8 Å². The molecule has 2 N–H and O–H groups in total. The number of hydrogen-bond acceptors (Lipinski definition) is 4. The van der Waals surface area contributed by atoms with Crippen molar-refractivity contribution in [2.45, 2.75) is 23.5 Å². The molecule has 1 aliphatic rings. The Balaban J connectivity index is 2.52. The molecule has 2 atom stereocenters. The van der Waals surface area contributed by atoms with Gasteiger partial charge < -0.3 is 10.2 Å². The molecule has 0 bridgehead atoms. The van der Waals surface area contributed by atoms with Crippen LogP contribution in [0.25, 0.3) is 0 Å². The average Bonchev–Trinajstić information content (AvgIpc) is 2.71. The van der Waals surface area contributed by atoms with Gasteiger partial charge in [0.15, 0.2) is 0 Å². The van der Waals surface area contributed by atoms with Crippen LogP contribution in [0.15, 0.2) is 23.1 Å². The van der Waals surface area contributed by atoms with E-state index in [4.69, 9.17) is 28.3 Å². The third-order valence-corrected chi connectivity index (χ3v) is 5.84. The van der Waals surface area contributed by atoms with E-state index in [2.05, 4.69) is 0 Å². The molecular formula is C11H11Cl2NO5S. The molecule has 0 aromatic heterocycles. The first-order valence-electron chi connectivity index (χ1n) is 5.62. The zero-order chi connectivity index (χ0) is 15.1. The van der Waals surface area contributed by atoms with Crippen molar-refractivity contribution < 1.29 is 23.4 Å². The zero-order valence-electron chi connectivity index (χ0n) is 10.0. The quantitative estimate of drug-likeness (QED) is 0.862. The van der Waals surface area contributed by atoms with E-state index in [0.717, 1.165) is 0 Å². The Morgan fingerprint density at radius 3 is 2.35 bits per heavy atom. The van der Waals surface area contributed by atoms with Gasteiger partial charge in [-0.25, -0.2) is 8.42 Å². The van der Waals surface area contributed by atoms with E-state index in [9.17, 15) is 18.3 Å². The van der Waals surface area contributed by atoms with Gasteiger partial charge in [-0.3, -0.25) is 4.79 Å². The number of carbonyl (C=O) groups is 1. The number of hydrogen-bond donors (Lipinski definition) is 2. The van der Waals surface area contributed by atoms with Crippen molar-refractivity contribution in [1.82, 2.24) is 4.31 Å². The van der Waals surface area contributed by atoms with Gasteiger partial charge in [0.25, 0.3) is 0 Å².